The number of ether oxygens (including phenoxy) is 1. The number of benzene rings is 1. The number of hydrogen-bond acceptors (Lipinski definition) is 5. The molecule has 1 aromatic carbocycles. The predicted molar refractivity (Wildman–Crippen MR) is 92.8 cm³/mol. The largest absolute Gasteiger partial charge is 0.484 e. The molecule has 2 amide bonds. The second-order valence-electron chi connectivity index (χ2n) is 4.70. The average Bonchev–Trinajstić information content (AvgIpc) is 3.08. The van der Waals surface area contributed by atoms with Crippen LogP contribution in [0.5, 0.6) is 5.75 Å². The van der Waals surface area contributed by atoms with Crippen LogP contribution >= 0.6 is 12.4 Å². The van der Waals surface area contributed by atoms with Crippen LogP contribution in [0.15, 0.2) is 47.1 Å². The second-order valence-corrected chi connectivity index (χ2v) is 4.70. The minimum atomic E-state index is -0.350. The van der Waals surface area contributed by atoms with E-state index in [2.05, 4.69) is 16.0 Å². The summed E-state index contributed by atoms with van der Waals surface area (Å²) in [5.74, 6) is 0.161. The third-order valence-electron chi connectivity index (χ3n) is 2.90. The van der Waals surface area contributed by atoms with E-state index in [1.165, 1.54) is 6.26 Å². The van der Waals surface area contributed by atoms with Gasteiger partial charge in [0.05, 0.1) is 6.26 Å². The third kappa shape index (κ3) is 6.31. The smallest absolute Gasteiger partial charge is 0.291 e. The van der Waals surface area contributed by atoms with Crippen molar-refractivity contribution in [2.45, 2.75) is 0 Å². The molecule has 0 radical (unpaired) electrons. The van der Waals surface area contributed by atoms with E-state index in [-0.39, 0.29) is 36.6 Å². The Hall–Kier alpha value is -2.51. The quantitative estimate of drug-likeness (QED) is 0.628. The standard InChI is InChI=1S/C16H19N3O4.ClH/c1-17-7-8-18-15(20)11-23-13-5-2-4-12(10-13)19-16(21)14-6-3-9-22-14;/h2-6,9-10,17H,7-8,11H2,1H3,(H,18,20)(H,19,21);1H. The lowest BCUT2D eigenvalue weighted by molar-refractivity contribution is -0.123. The summed E-state index contributed by atoms with van der Waals surface area (Å²) in [5, 5.41) is 8.33. The van der Waals surface area contributed by atoms with Gasteiger partial charge >= 0.3 is 0 Å². The molecule has 8 heteroatoms. The minimum Gasteiger partial charge on any atom is -0.484 e. The highest BCUT2D eigenvalue weighted by Gasteiger charge is 2.09. The summed E-state index contributed by atoms with van der Waals surface area (Å²) < 4.78 is 10.4. The summed E-state index contributed by atoms with van der Waals surface area (Å²) in [4.78, 5) is 23.4. The molecule has 0 saturated carbocycles. The fourth-order valence-electron chi connectivity index (χ4n) is 1.79. The summed E-state index contributed by atoms with van der Waals surface area (Å²) in [6, 6.07) is 10.0. The molecule has 0 fully saturated rings. The average molecular weight is 354 g/mol. The Bertz CT molecular complexity index is 647. The molecule has 1 aromatic heterocycles. The number of carbonyl (C=O) groups is 2. The van der Waals surface area contributed by atoms with Gasteiger partial charge in [-0.25, -0.2) is 0 Å². The Morgan fingerprint density at radius 1 is 1.17 bits per heavy atom. The first-order chi connectivity index (χ1) is 11.2. The van der Waals surface area contributed by atoms with E-state index >= 15 is 0 Å². The van der Waals surface area contributed by atoms with E-state index in [0.29, 0.717) is 24.5 Å². The number of anilines is 1. The van der Waals surface area contributed by atoms with Gasteiger partial charge in [0, 0.05) is 24.8 Å². The van der Waals surface area contributed by atoms with Gasteiger partial charge in [0.1, 0.15) is 5.75 Å². The van der Waals surface area contributed by atoms with Crippen LogP contribution in [-0.2, 0) is 4.79 Å². The highest BCUT2D eigenvalue weighted by atomic mass is 35.5. The molecule has 2 aromatic rings. The first-order valence-corrected chi connectivity index (χ1v) is 7.18. The molecule has 3 N–H and O–H groups in total. The van der Waals surface area contributed by atoms with E-state index in [9.17, 15) is 9.59 Å². The van der Waals surface area contributed by atoms with Gasteiger partial charge in [-0.3, -0.25) is 9.59 Å². The van der Waals surface area contributed by atoms with E-state index in [0.717, 1.165) is 0 Å². The number of rotatable bonds is 8. The summed E-state index contributed by atoms with van der Waals surface area (Å²) in [6.07, 6.45) is 1.43. The number of hydrogen-bond donors (Lipinski definition) is 3. The highest BCUT2D eigenvalue weighted by molar-refractivity contribution is 6.02. The van der Waals surface area contributed by atoms with Crippen molar-refractivity contribution >= 4 is 29.9 Å². The molecule has 7 nitrogen and oxygen atoms in total. The second kappa shape index (κ2) is 10.3. The van der Waals surface area contributed by atoms with Crippen LogP contribution < -0.4 is 20.7 Å². The lowest BCUT2D eigenvalue weighted by Crippen LogP contribution is -2.33. The number of amides is 2. The van der Waals surface area contributed by atoms with E-state index in [4.69, 9.17) is 9.15 Å². The number of halogens is 1. The van der Waals surface area contributed by atoms with Crippen LogP contribution in [0.4, 0.5) is 5.69 Å². The molecule has 0 aliphatic carbocycles. The molecule has 2 rings (SSSR count). The molecule has 0 aliphatic heterocycles. The first-order valence-electron chi connectivity index (χ1n) is 7.18. The van der Waals surface area contributed by atoms with Crippen molar-refractivity contribution in [3.05, 3.63) is 48.4 Å². The Balaban J connectivity index is 0.00000288. The number of carbonyl (C=O) groups excluding carboxylic acids is 2. The summed E-state index contributed by atoms with van der Waals surface area (Å²) in [7, 11) is 1.81. The van der Waals surface area contributed by atoms with Crippen molar-refractivity contribution < 1.29 is 18.7 Å². The van der Waals surface area contributed by atoms with Gasteiger partial charge in [0.25, 0.3) is 11.8 Å². The van der Waals surface area contributed by atoms with Gasteiger partial charge < -0.3 is 25.1 Å². The van der Waals surface area contributed by atoms with Crippen molar-refractivity contribution in [1.82, 2.24) is 10.6 Å². The van der Waals surface area contributed by atoms with Gasteiger partial charge in [-0.2, -0.15) is 0 Å². The molecule has 0 unspecified atom stereocenters. The molecule has 0 saturated heterocycles. The van der Waals surface area contributed by atoms with Gasteiger partial charge in [-0.15, -0.1) is 12.4 Å². The summed E-state index contributed by atoms with van der Waals surface area (Å²) in [5.41, 5.74) is 0.555. The van der Waals surface area contributed by atoms with Crippen LogP contribution in [-0.4, -0.2) is 38.6 Å². The topological polar surface area (TPSA) is 92.6 Å². The molecule has 0 aliphatic rings. The number of nitrogens with one attached hydrogen (secondary N) is 3. The molecule has 0 atom stereocenters. The molecule has 0 spiro atoms. The molecule has 130 valence electrons. The molecule has 0 bridgehead atoms. The monoisotopic (exact) mass is 353 g/mol. The Morgan fingerprint density at radius 2 is 2.00 bits per heavy atom. The van der Waals surface area contributed by atoms with Crippen LogP contribution in [0.3, 0.4) is 0 Å². The SMILES string of the molecule is CNCCNC(=O)COc1cccc(NC(=O)c2ccco2)c1.Cl. The zero-order valence-electron chi connectivity index (χ0n) is 13.2. The highest BCUT2D eigenvalue weighted by Crippen LogP contribution is 2.18. The fraction of sp³-hybridized carbons (Fsp3) is 0.250. The van der Waals surface area contributed by atoms with Gasteiger partial charge in [0.15, 0.2) is 12.4 Å². The van der Waals surface area contributed by atoms with E-state index < -0.39 is 0 Å². The Labute approximate surface area is 146 Å². The fourth-order valence-corrected chi connectivity index (χ4v) is 1.79. The van der Waals surface area contributed by atoms with E-state index in [1.807, 2.05) is 7.05 Å². The van der Waals surface area contributed by atoms with Crippen LogP contribution in [0.25, 0.3) is 0 Å². The first kappa shape index (κ1) is 19.5. The van der Waals surface area contributed by atoms with Gasteiger partial charge in [-0.1, -0.05) is 6.07 Å². The summed E-state index contributed by atoms with van der Waals surface area (Å²) in [6.45, 7) is 1.15. The van der Waals surface area contributed by atoms with E-state index in [1.54, 1.807) is 36.4 Å². The number of furan rings is 1. The molecular weight excluding hydrogens is 334 g/mol. The van der Waals surface area contributed by atoms with Crippen molar-refractivity contribution in [2.75, 3.05) is 32.1 Å². The van der Waals surface area contributed by atoms with Crippen LogP contribution in [0.2, 0.25) is 0 Å². The summed E-state index contributed by atoms with van der Waals surface area (Å²) >= 11 is 0. The van der Waals surface area contributed by atoms with Gasteiger partial charge in [0.2, 0.25) is 0 Å². The molecule has 1 heterocycles. The van der Waals surface area contributed by atoms with Crippen molar-refractivity contribution in [1.29, 1.82) is 0 Å². The molecule has 24 heavy (non-hydrogen) atoms. The minimum absolute atomic E-state index is 0. The zero-order chi connectivity index (χ0) is 16.5. The Morgan fingerprint density at radius 3 is 2.71 bits per heavy atom. The maximum absolute atomic E-state index is 11.9. The number of likely N-dealkylation sites (N-methyl/N-ethyl adjacent to an activating group) is 1. The zero-order valence-corrected chi connectivity index (χ0v) is 14.0. The molecular formula is C16H20ClN3O4. The lowest BCUT2D eigenvalue weighted by Gasteiger charge is -2.09. The van der Waals surface area contributed by atoms with Gasteiger partial charge in [-0.05, 0) is 31.3 Å². The van der Waals surface area contributed by atoms with Crippen molar-refractivity contribution in [3.8, 4) is 5.75 Å². The van der Waals surface area contributed by atoms with Crippen molar-refractivity contribution in [2.24, 2.45) is 0 Å². The Kier molecular flexibility index (Phi) is 8.38. The predicted octanol–water partition coefficient (Wildman–Crippen LogP) is 1.67. The van der Waals surface area contributed by atoms with Crippen molar-refractivity contribution in [3.63, 3.8) is 0 Å². The lowest BCUT2D eigenvalue weighted by atomic mass is 10.3. The third-order valence-corrected chi connectivity index (χ3v) is 2.90. The van der Waals surface area contributed by atoms with Crippen LogP contribution in [0, 0.1) is 0 Å². The maximum Gasteiger partial charge on any atom is 0.291 e. The maximum atomic E-state index is 11.9. The van der Waals surface area contributed by atoms with Crippen LogP contribution in [0.1, 0.15) is 10.6 Å². The normalized spacial score (nSPS) is 9.71.